The number of guanidine groups is 1. The van der Waals surface area contributed by atoms with Gasteiger partial charge in [-0.15, -0.1) is 0 Å². The molecule has 0 aromatic heterocycles. The molecule has 0 amide bonds. The minimum absolute atomic E-state index is 0.747. The Hall–Kier alpha value is -2.57. The molecule has 0 bridgehead atoms. The number of rotatable bonds is 10. The van der Waals surface area contributed by atoms with Crippen LogP contribution in [-0.2, 0) is 13.1 Å². The Bertz CT molecular complexity index is 770. The van der Waals surface area contributed by atoms with Gasteiger partial charge < -0.3 is 20.3 Å². The first-order chi connectivity index (χ1) is 15.3. The highest BCUT2D eigenvalue weighted by atomic mass is 16.5. The molecule has 1 aliphatic rings. The van der Waals surface area contributed by atoms with Crippen molar-refractivity contribution in [3.8, 4) is 5.75 Å². The molecule has 1 saturated heterocycles. The standard InChI is InChI=1S/C25H37N5O/c1-26-25(28-20-22-10-12-24(31-2)13-11-22)27-14-6-7-15-29-16-18-30(19-17-29)21-23-8-4-3-5-9-23/h3-5,8-13H,6-7,14-21H2,1-2H3,(H2,26,27,28). The molecule has 1 fully saturated rings. The van der Waals surface area contributed by atoms with E-state index in [-0.39, 0.29) is 0 Å². The zero-order valence-corrected chi connectivity index (χ0v) is 19.0. The van der Waals surface area contributed by atoms with Gasteiger partial charge >= 0.3 is 0 Å². The van der Waals surface area contributed by atoms with Crippen LogP contribution in [0.5, 0.6) is 5.75 Å². The molecule has 2 aromatic rings. The lowest BCUT2D eigenvalue weighted by Gasteiger charge is -2.34. The minimum Gasteiger partial charge on any atom is -0.497 e. The number of hydrogen-bond acceptors (Lipinski definition) is 4. The summed E-state index contributed by atoms with van der Waals surface area (Å²) in [6.45, 7) is 8.61. The highest BCUT2D eigenvalue weighted by Gasteiger charge is 2.16. The van der Waals surface area contributed by atoms with E-state index in [1.165, 1.54) is 37.2 Å². The first kappa shape index (κ1) is 23.1. The van der Waals surface area contributed by atoms with Gasteiger partial charge in [-0.05, 0) is 42.6 Å². The van der Waals surface area contributed by atoms with Gasteiger partial charge in [0, 0.05) is 52.9 Å². The predicted octanol–water partition coefficient (Wildman–Crippen LogP) is 2.96. The molecule has 2 aromatic carbocycles. The number of nitrogens with zero attached hydrogens (tertiary/aromatic N) is 3. The average molecular weight is 424 g/mol. The smallest absolute Gasteiger partial charge is 0.191 e. The number of hydrogen-bond donors (Lipinski definition) is 2. The van der Waals surface area contributed by atoms with E-state index in [4.69, 9.17) is 4.74 Å². The monoisotopic (exact) mass is 423 g/mol. The van der Waals surface area contributed by atoms with Crippen LogP contribution in [0.25, 0.3) is 0 Å². The molecule has 0 unspecified atom stereocenters. The zero-order chi connectivity index (χ0) is 21.7. The quantitative estimate of drug-likeness (QED) is 0.350. The van der Waals surface area contributed by atoms with Crippen LogP contribution in [0.4, 0.5) is 0 Å². The molecule has 0 saturated carbocycles. The van der Waals surface area contributed by atoms with E-state index in [2.05, 4.69) is 67.9 Å². The fraction of sp³-hybridized carbons (Fsp3) is 0.480. The number of benzene rings is 2. The van der Waals surface area contributed by atoms with Gasteiger partial charge in [-0.1, -0.05) is 42.5 Å². The predicted molar refractivity (Wildman–Crippen MR) is 129 cm³/mol. The number of piperazine rings is 1. The molecule has 0 radical (unpaired) electrons. The molecule has 6 heteroatoms. The van der Waals surface area contributed by atoms with E-state index in [1.807, 2.05) is 19.2 Å². The number of aliphatic imine (C=N–C) groups is 1. The summed E-state index contributed by atoms with van der Waals surface area (Å²) < 4.78 is 5.20. The van der Waals surface area contributed by atoms with Gasteiger partial charge in [0.15, 0.2) is 5.96 Å². The first-order valence-corrected chi connectivity index (χ1v) is 11.3. The van der Waals surface area contributed by atoms with Crippen molar-refractivity contribution in [3.63, 3.8) is 0 Å². The van der Waals surface area contributed by atoms with Crippen LogP contribution >= 0.6 is 0 Å². The SMILES string of the molecule is CN=C(NCCCCN1CCN(Cc2ccccc2)CC1)NCc1ccc(OC)cc1. The molecule has 2 N–H and O–H groups in total. The van der Waals surface area contributed by atoms with E-state index in [0.717, 1.165) is 50.9 Å². The first-order valence-electron chi connectivity index (χ1n) is 11.3. The van der Waals surface area contributed by atoms with Crippen LogP contribution < -0.4 is 15.4 Å². The minimum atomic E-state index is 0.747. The second kappa shape index (κ2) is 13.0. The van der Waals surface area contributed by atoms with E-state index in [9.17, 15) is 0 Å². The summed E-state index contributed by atoms with van der Waals surface area (Å²) in [6, 6.07) is 18.9. The largest absolute Gasteiger partial charge is 0.497 e. The third-order valence-electron chi connectivity index (χ3n) is 5.75. The maximum Gasteiger partial charge on any atom is 0.191 e. The molecular weight excluding hydrogens is 386 g/mol. The van der Waals surface area contributed by atoms with Crippen molar-refractivity contribution in [2.75, 3.05) is 53.4 Å². The topological polar surface area (TPSA) is 52.1 Å². The third-order valence-corrected chi connectivity index (χ3v) is 5.75. The second-order valence-electron chi connectivity index (χ2n) is 8.01. The Kier molecular flexibility index (Phi) is 9.67. The molecular formula is C25H37N5O. The van der Waals surface area contributed by atoms with Gasteiger partial charge in [-0.3, -0.25) is 9.89 Å². The summed E-state index contributed by atoms with van der Waals surface area (Å²) in [5.74, 6) is 1.73. The molecule has 0 atom stereocenters. The zero-order valence-electron chi connectivity index (χ0n) is 19.0. The second-order valence-corrected chi connectivity index (χ2v) is 8.01. The van der Waals surface area contributed by atoms with Crippen molar-refractivity contribution in [2.24, 2.45) is 4.99 Å². The van der Waals surface area contributed by atoms with Crippen LogP contribution in [0.15, 0.2) is 59.6 Å². The number of unbranched alkanes of at least 4 members (excludes halogenated alkanes) is 1. The average Bonchev–Trinajstić information content (AvgIpc) is 2.83. The summed E-state index contributed by atoms with van der Waals surface area (Å²) in [4.78, 5) is 9.48. The summed E-state index contributed by atoms with van der Waals surface area (Å²) in [7, 11) is 3.50. The van der Waals surface area contributed by atoms with Gasteiger partial charge in [0.25, 0.3) is 0 Å². The van der Waals surface area contributed by atoms with Crippen LogP contribution in [0, 0.1) is 0 Å². The third kappa shape index (κ3) is 8.23. The lowest BCUT2D eigenvalue weighted by molar-refractivity contribution is 0.126. The normalized spacial score (nSPS) is 15.6. The van der Waals surface area contributed by atoms with Crippen molar-refractivity contribution in [1.29, 1.82) is 0 Å². The molecule has 1 aliphatic heterocycles. The molecule has 0 spiro atoms. The van der Waals surface area contributed by atoms with E-state index in [0.29, 0.717) is 0 Å². The van der Waals surface area contributed by atoms with Gasteiger partial charge in [0.05, 0.1) is 7.11 Å². The van der Waals surface area contributed by atoms with Crippen molar-refractivity contribution in [2.45, 2.75) is 25.9 Å². The summed E-state index contributed by atoms with van der Waals surface area (Å²) in [5, 5.41) is 6.79. The van der Waals surface area contributed by atoms with Crippen molar-refractivity contribution in [3.05, 3.63) is 65.7 Å². The van der Waals surface area contributed by atoms with Crippen LogP contribution in [0.2, 0.25) is 0 Å². The number of nitrogens with one attached hydrogen (secondary N) is 2. The van der Waals surface area contributed by atoms with Crippen LogP contribution in [0.3, 0.4) is 0 Å². The van der Waals surface area contributed by atoms with E-state index >= 15 is 0 Å². The number of ether oxygens (including phenoxy) is 1. The maximum absolute atomic E-state index is 5.20. The molecule has 6 nitrogen and oxygen atoms in total. The van der Waals surface area contributed by atoms with Crippen LogP contribution in [0.1, 0.15) is 24.0 Å². The highest BCUT2D eigenvalue weighted by molar-refractivity contribution is 5.79. The van der Waals surface area contributed by atoms with Gasteiger partial charge in [0.2, 0.25) is 0 Å². The van der Waals surface area contributed by atoms with Gasteiger partial charge in [-0.25, -0.2) is 0 Å². The summed E-state index contributed by atoms with van der Waals surface area (Å²) in [5.41, 5.74) is 2.62. The van der Waals surface area contributed by atoms with Crippen LogP contribution in [-0.4, -0.2) is 69.2 Å². The van der Waals surface area contributed by atoms with Gasteiger partial charge in [0.1, 0.15) is 5.75 Å². The Balaban J connectivity index is 1.24. The summed E-state index contributed by atoms with van der Waals surface area (Å²) >= 11 is 0. The summed E-state index contributed by atoms with van der Waals surface area (Å²) in [6.07, 6.45) is 2.36. The van der Waals surface area contributed by atoms with Crippen molar-refractivity contribution < 1.29 is 4.74 Å². The van der Waals surface area contributed by atoms with Crippen molar-refractivity contribution >= 4 is 5.96 Å². The fourth-order valence-electron chi connectivity index (χ4n) is 3.83. The molecule has 168 valence electrons. The molecule has 0 aliphatic carbocycles. The molecule has 3 rings (SSSR count). The lowest BCUT2D eigenvalue weighted by atomic mass is 10.2. The highest BCUT2D eigenvalue weighted by Crippen LogP contribution is 2.11. The molecule has 31 heavy (non-hydrogen) atoms. The maximum atomic E-state index is 5.20. The van der Waals surface area contributed by atoms with Gasteiger partial charge in [-0.2, -0.15) is 0 Å². The number of methoxy groups -OCH3 is 1. The Labute approximate surface area is 187 Å². The Morgan fingerprint density at radius 1 is 0.871 bits per heavy atom. The Morgan fingerprint density at radius 2 is 1.58 bits per heavy atom. The van der Waals surface area contributed by atoms with Crippen molar-refractivity contribution in [1.82, 2.24) is 20.4 Å². The Morgan fingerprint density at radius 3 is 2.26 bits per heavy atom. The van der Waals surface area contributed by atoms with E-state index in [1.54, 1.807) is 7.11 Å². The fourth-order valence-corrected chi connectivity index (χ4v) is 3.83. The molecule has 1 heterocycles. The lowest BCUT2D eigenvalue weighted by Crippen LogP contribution is -2.46. The van der Waals surface area contributed by atoms with E-state index < -0.39 is 0 Å².